The van der Waals surface area contributed by atoms with Crippen molar-refractivity contribution < 1.29 is 0 Å². The Morgan fingerprint density at radius 2 is 1.55 bits per heavy atom. The first-order valence-electron chi connectivity index (χ1n) is 8.64. The molecule has 0 amide bonds. The lowest BCUT2D eigenvalue weighted by Gasteiger charge is -2.55. The van der Waals surface area contributed by atoms with Gasteiger partial charge in [0.25, 0.3) is 0 Å². The zero-order valence-corrected chi connectivity index (χ0v) is 12.6. The van der Waals surface area contributed by atoms with Gasteiger partial charge in [-0.15, -0.1) is 0 Å². The number of hydrogen-bond donors (Lipinski definition) is 1. The van der Waals surface area contributed by atoms with E-state index in [9.17, 15) is 0 Å². The van der Waals surface area contributed by atoms with Crippen LogP contribution in [-0.2, 0) is 0 Å². The zero-order valence-electron chi connectivity index (χ0n) is 12.6. The van der Waals surface area contributed by atoms with Crippen LogP contribution in [0.25, 0.3) is 0 Å². The van der Waals surface area contributed by atoms with Crippen LogP contribution < -0.4 is 5.32 Å². The minimum Gasteiger partial charge on any atom is -0.307 e. The second-order valence-corrected chi connectivity index (χ2v) is 7.49. The van der Waals surface area contributed by atoms with Gasteiger partial charge in [-0.25, -0.2) is 0 Å². The summed E-state index contributed by atoms with van der Waals surface area (Å²) >= 11 is 0. The minimum atomic E-state index is 0.554. The summed E-state index contributed by atoms with van der Waals surface area (Å²) in [5.41, 5.74) is 1.48. The van der Waals surface area contributed by atoms with Crippen LogP contribution >= 0.6 is 0 Å². The summed E-state index contributed by atoms with van der Waals surface area (Å²) in [6.07, 6.45) is 8.79. The lowest BCUT2D eigenvalue weighted by atomic mass is 9.54. The number of benzene rings is 1. The maximum Gasteiger partial charge on any atom is 0.0320 e. The standard InChI is InChI=1S/C19H27N/c1-2-18(15-6-4-3-5-7-15)20-19-16-9-13-8-14(11-16)12-17(19)10-13/h3-7,13-14,16-20H,2,8-12H2,1H3. The Bertz CT molecular complexity index is 424. The molecule has 0 aliphatic heterocycles. The molecule has 4 bridgehead atoms. The molecule has 1 aromatic rings. The third kappa shape index (κ3) is 2.20. The molecule has 5 rings (SSSR count). The maximum absolute atomic E-state index is 4.07. The SMILES string of the molecule is CCC(NC1C2CC3CC(C2)CC1C3)c1ccccc1. The third-order valence-corrected chi connectivity index (χ3v) is 6.23. The molecule has 4 saturated carbocycles. The molecule has 4 aliphatic rings. The molecule has 0 heterocycles. The van der Waals surface area contributed by atoms with Gasteiger partial charge in [0.1, 0.15) is 0 Å². The second kappa shape index (κ2) is 5.18. The third-order valence-electron chi connectivity index (χ3n) is 6.23. The average Bonchev–Trinajstić information content (AvgIpc) is 2.47. The van der Waals surface area contributed by atoms with E-state index in [1.54, 1.807) is 6.42 Å². The van der Waals surface area contributed by atoms with Gasteiger partial charge < -0.3 is 5.32 Å². The maximum atomic E-state index is 4.07. The molecular weight excluding hydrogens is 242 g/mol. The Balaban J connectivity index is 1.50. The lowest BCUT2D eigenvalue weighted by Crippen LogP contribution is -2.55. The molecule has 20 heavy (non-hydrogen) atoms. The highest BCUT2D eigenvalue weighted by Gasteiger charge is 2.48. The molecule has 4 aliphatic carbocycles. The van der Waals surface area contributed by atoms with E-state index in [1.165, 1.54) is 37.7 Å². The summed E-state index contributed by atoms with van der Waals surface area (Å²) in [6.45, 7) is 2.32. The Morgan fingerprint density at radius 3 is 2.10 bits per heavy atom. The molecular formula is C19H27N. The molecule has 0 radical (unpaired) electrons. The quantitative estimate of drug-likeness (QED) is 0.845. The molecule has 1 unspecified atom stereocenters. The highest BCUT2D eigenvalue weighted by Crippen LogP contribution is 2.54. The van der Waals surface area contributed by atoms with Crippen molar-refractivity contribution in [2.45, 2.75) is 57.5 Å². The van der Waals surface area contributed by atoms with Crippen LogP contribution in [0.3, 0.4) is 0 Å². The van der Waals surface area contributed by atoms with Crippen molar-refractivity contribution in [3.05, 3.63) is 35.9 Å². The van der Waals surface area contributed by atoms with Gasteiger partial charge in [0, 0.05) is 12.1 Å². The van der Waals surface area contributed by atoms with Crippen LogP contribution in [0.15, 0.2) is 30.3 Å². The molecule has 4 fully saturated rings. The van der Waals surface area contributed by atoms with Gasteiger partial charge in [0.15, 0.2) is 0 Å². The van der Waals surface area contributed by atoms with E-state index >= 15 is 0 Å². The van der Waals surface area contributed by atoms with Gasteiger partial charge >= 0.3 is 0 Å². The van der Waals surface area contributed by atoms with Crippen LogP contribution in [0.4, 0.5) is 0 Å². The van der Waals surface area contributed by atoms with E-state index in [2.05, 4.69) is 42.6 Å². The van der Waals surface area contributed by atoms with Gasteiger partial charge in [-0.1, -0.05) is 37.3 Å². The van der Waals surface area contributed by atoms with E-state index in [-0.39, 0.29) is 0 Å². The van der Waals surface area contributed by atoms with Crippen molar-refractivity contribution in [2.24, 2.45) is 23.7 Å². The smallest absolute Gasteiger partial charge is 0.0320 e. The van der Waals surface area contributed by atoms with Crippen molar-refractivity contribution in [3.63, 3.8) is 0 Å². The summed E-state index contributed by atoms with van der Waals surface area (Å²) in [5, 5.41) is 4.07. The molecule has 1 heteroatoms. The summed E-state index contributed by atoms with van der Waals surface area (Å²) in [4.78, 5) is 0. The minimum absolute atomic E-state index is 0.554. The normalized spacial score (nSPS) is 40.0. The summed E-state index contributed by atoms with van der Waals surface area (Å²) in [7, 11) is 0. The topological polar surface area (TPSA) is 12.0 Å². The summed E-state index contributed by atoms with van der Waals surface area (Å²) in [5.74, 6) is 4.10. The van der Waals surface area contributed by atoms with Crippen molar-refractivity contribution in [1.82, 2.24) is 5.32 Å². The summed E-state index contributed by atoms with van der Waals surface area (Å²) < 4.78 is 0. The highest BCUT2D eigenvalue weighted by molar-refractivity contribution is 5.19. The molecule has 1 aromatic carbocycles. The molecule has 1 atom stereocenters. The van der Waals surface area contributed by atoms with Crippen molar-refractivity contribution in [2.75, 3.05) is 0 Å². The molecule has 0 aromatic heterocycles. The predicted octanol–water partition coefficient (Wildman–Crippen LogP) is 4.55. The summed E-state index contributed by atoms with van der Waals surface area (Å²) in [6, 6.07) is 12.4. The van der Waals surface area contributed by atoms with Crippen LogP contribution in [0.2, 0.25) is 0 Å². The van der Waals surface area contributed by atoms with Crippen LogP contribution in [0, 0.1) is 23.7 Å². The van der Waals surface area contributed by atoms with E-state index < -0.39 is 0 Å². The first-order chi connectivity index (χ1) is 9.83. The Labute approximate surface area is 123 Å². The first-order valence-corrected chi connectivity index (χ1v) is 8.64. The molecule has 1 N–H and O–H groups in total. The Hall–Kier alpha value is -0.820. The van der Waals surface area contributed by atoms with Gasteiger partial charge in [-0.05, 0) is 67.8 Å². The lowest BCUT2D eigenvalue weighted by molar-refractivity contribution is -0.0179. The fourth-order valence-electron chi connectivity index (χ4n) is 5.56. The molecule has 0 spiro atoms. The van der Waals surface area contributed by atoms with E-state index in [0.29, 0.717) is 6.04 Å². The van der Waals surface area contributed by atoms with Crippen molar-refractivity contribution >= 4 is 0 Å². The number of hydrogen-bond acceptors (Lipinski definition) is 1. The monoisotopic (exact) mass is 269 g/mol. The molecule has 1 nitrogen and oxygen atoms in total. The Morgan fingerprint density at radius 1 is 0.950 bits per heavy atom. The highest BCUT2D eigenvalue weighted by atomic mass is 15.0. The molecule has 0 saturated heterocycles. The fourth-order valence-corrected chi connectivity index (χ4v) is 5.56. The predicted molar refractivity (Wildman–Crippen MR) is 83.4 cm³/mol. The Kier molecular flexibility index (Phi) is 3.34. The molecule has 108 valence electrons. The van der Waals surface area contributed by atoms with Gasteiger partial charge in [-0.3, -0.25) is 0 Å². The van der Waals surface area contributed by atoms with Gasteiger partial charge in [-0.2, -0.15) is 0 Å². The number of rotatable bonds is 4. The van der Waals surface area contributed by atoms with Crippen molar-refractivity contribution in [1.29, 1.82) is 0 Å². The van der Waals surface area contributed by atoms with E-state index in [0.717, 1.165) is 29.7 Å². The first kappa shape index (κ1) is 12.9. The van der Waals surface area contributed by atoms with E-state index in [1.807, 2.05) is 0 Å². The second-order valence-electron chi connectivity index (χ2n) is 7.49. The van der Waals surface area contributed by atoms with Crippen LogP contribution in [0.5, 0.6) is 0 Å². The zero-order chi connectivity index (χ0) is 13.5. The van der Waals surface area contributed by atoms with Crippen LogP contribution in [0.1, 0.15) is 57.1 Å². The average molecular weight is 269 g/mol. The van der Waals surface area contributed by atoms with Gasteiger partial charge in [0.2, 0.25) is 0 Å². The van der Waals surface area contributed by atoms with Crippen LogP contribution in [-0.4, -0.2) is 6.04 Å². The van der Waals surface area contributed by atoms with Gasteiger partial charge in [0.05, 0.1) is 0 Å². The van der Waals surface area contributed by atoms with Crippen molar-refractivity contribution in [3.8, 4) is 0 Å². The number of nitrogens with one attached hydrogen (secondary N) is 1. The largest absolute Gasteiger partial charge is 0.307 e. The fraction of sp³-hybridized carbons (Fsp3) is 0.684. The van der Waals surface area contributed by atoms with E-state index in [4.69, 9.17) is 0 Å².